The number of carbonyl (C=O) groups excluding carboxylic acids is 1. The summed E-state index contributed by atoms with van der Waals surface area (Å²) in [5.41, 5.74) is 1.07. The van der Waals surface area contributed by atoms with Crippen molar-refractivity contribution in [1.82, 2.24) is 0 Å². The largest absolute Gasteiger partial charge is 0.454 e. The zero-order valence-corrected chi connectivity index (χ0v) is 12.5. The minimum absolute atomic E-state index is 0.00545. The number of benzene rings is 2. The molecule has 2 aromatic rings. The van der Waals surface area contributed by atoms with Gasteiger partial charge in [0, 0.05) is 23.1 Å². The number of allylic oxidation sites excluding steroid dienone is 1. The summed E-state index contributed by atoms with van der Waals surface area (Å²) in [5, 5.41) is 0. The van der Waals surface area contributed by atoms with Crippen molar-refractivity contribution < 1.29 is 18.0 Å². The summed E-state index contributed by atoms with van der Waals surface area (Å²) in [7, 11) is 0. The maximum Gasteiger partial charge on any atom is 0.454 e. The van der Waals surface area contributed by atoms with Crippen molar-refractivity contribution in [2.75, 3.05) is 4.90 Å². The number of halogens is 3. The molecule has 120 valence electrons. The molecule has 2 nitrogen and oxygen atoms in total. The summed E-state index contributed by atoms with van der Waals surface area (Å²) in [5.74, 6) is -1.81. The summed E-state index contributed by atoms with van der Waals surface area (Å²) in [6, 6.07) is 17.9. The molecule has 0 fully saturated rings. The van der Waals surface area contributed by atoms with E-state index < -0.39 is 12.0 Å². The normalized spacial score (nSPS) is 12.1. The lowest BCUT2D eigenvalue weighted by atomic mass is 10.1. The van der Waals surface area contributed by atoms with E-state index in [2.05, 4.69) is 0 Å². The van der Waals surface area contributed by atoms with Crippen LogP contribution in [-0.2, 0) is 4.79 Å². The molecule has 2 rings (SSSR count). The van der Waals surface area contributed by atoms with Gasteiger partial charge in [-0.25, -0.2) is 0 Å². The Bertz CT molecular complexity index is 639. The molecule has 0 spiro atoms. The number of hydrogen-bond acceptors (Lipinski definition) is 2. The van der Waals surface area contributed by atoms with Crippen molar-refractivity contribution in [3.8, 4) is 0 Å². The van der Waals surface area contributed by atoms with Gasteiger partial charge in [0.1, 0.15) is 0 Å². The van der Waals surface area contributed by atoms with E-state index in [0.717, 1.165) is 0 Å². The maximum atomic E-state index is 12.7. The van der Waals surface area contributed by atoms with Gasteiger partial charge in [-0.2, -0.15) is 13.2 Å². The van der Waals surface area contributed by atoms with Crippen molar-refractivity contribution in [1.29, 1.82) is 0 Å². The molecule has 0 radical (unpaired) electrons. The van der Waals surface area contributed by atoms with Gasteiger partial charge in [0.15, 0.2) is 0 Å². The fourth-order valence-corrected chi connectivity index (χ4v) is 2.12. The monoisotopic (exact) mass is 319 g/mol. The van der Waals surface area contributed by atoms with Gasteiger partial charge in [-0.1, -0.05) is 43.3 Å². The van der Waals surface area contributed by atoms with Crippen LogP contribution in [0.25, 0.3) is 0 Å². The number of para-hydroxylation sites is 2. The number of Topliss-reactive ketones (excluding diaryl/α,β-unsaturated/α-hetero) is 1. The fourth-order valence-electron chi connectivity index (χ4n) is 2.12. The number of alkyl halides is 3. The molecule has 0 aromatic heterocycles. The first-order chi connectivity index (χ1) is 10.9. The Kier molecular flexibility index (Phi) is 5.21. The molecule has 0 aliphatic rings. The lowest BCUT2D eigenvalue weighted by Gasteiger charge is -2.22. The predicted octanol–water partition coefficient (Wildman–Crippen LogP) is 5.25. The third-order valence-electron chi connectivity index (χ3n) is 3.28. The fraction of sp³-hybridized carbons (Fsp3) is 0.167. The molecule has 0 aliphatic carbocycles. The molecule has 0 saturated heterocycles. The van der Waals surface area contributed by atoms with Crippen molar-refractivity contribution in [3.05, 3.63) is 72.4 Å². The Hall–Kier alpha value is -2.56. The Balaban J connectivity index is 2.50. The first-order valence-electron chi connectivity index (χ1n) is 7.15. The standard InChI is InChI=1S/C18H16F3NO/c1-2-14(17(23)18(19,20)21)13-22(15-9-5-3-6-10-15)16-11-7-4-8-12-16/h3-13H,2H2,1H3/b14-13-. The lowest BCUT2D eigenvalue weighted by Crippen LogP contribution is -2.26. The van der Waals surface area contributed by atoms with Gasteiger partial charge in [0.05, 0.1) is 0 Å². The van der Waals surface area contributed by atoms with Gasteiger partial charge in [-0.3, -0.25) is 4.79 Å². The number of ketones is 1. The molecule has 0 heterocycles. The molecule has 0 saturated carbocycles. The summed E-state index contributed by atoms with van der Waals surface area (Å²) in [4.78, 5) is 13.2. The molecule has 0 N–H and O–H groups in total. The molecule has 0 bridgehead atoms. The van der Waals surface area contributed by atoms with E-state index in [1.54, 1.807) is 53.4 Å². The summed E-state index contributed by atoms with van der Waals surface area (Å²) < 4.78 is 38.2. The summed E-state index contributed by atoms with van der Waals surface area (Å²) in [6.45, 7) is 1.53. The first-order valence-corrected chi connectivity index (χ1v) is 7.15. The zero-order valence-electron chi connectivity index (χ0n) is 12.5. The number of hydrogen-bond donors (Lipinski definition) is 0. The van der Waals surface area contributed by atoms with E-state index in [1.165, 1.54) is 13.1 Å². The SMILES string of the molecule is CC/C(=C/N(c1ccccc1)c1ccccc1)C(=O)C(F)(F)F. The van der Waals surface area contributed by atoms with E-state index in [-0.39, 0.29) is 12.0 Å². The maximum absolute atomic E-state index is 12.7. The van der Waals surface area contributed by atoms with Crippen LogP contribution in [-0.4, -0.2) is 12.0 Å². The second kappa shape index (κ2) is 7.13. The topological polar surface area (TPSA) is 20.3 Å². The Morgan fingerprint density at radius 2 is 1.39 bits per heavy atom. The third kappa shape index (κ3) is 4.22. The van der Waals surface area contributed by atoms with Crippen molar-refractivity contribution in [3.63, 3.8) is 0 Å². The lowest BCUT2D eigenvalue weighted by molar-refractivity contribution is -0.166. The second-order valence-corrected chi connectivity index (χ2v) is 4.88. The molecular formula is C18H16F3NO. The minimum atomic E-state index is -4.87. The van der Waals surface area contributed by atoms with Crippen LogP contribution in [0.2, 0.25) is 0 Å². The van der Waals surface area contributed by atoms with Crippen LogP contribution >= 0.6 is 0 Å². The molecular weight excluding hydrogens is 303 g/mol. The van der Waals surface area contributed by atoms with Crippen LogP contribution in [0.5, 0.6) is 0 Å². The van der Waals surface area contributed by atoms with Crippen molar-refractivity contribution in [2.45, 2.75) is 19.5 Å². The van der Waals surface area contributed by atoms with E-state index in [1.807, 2.05) is 12.1 Å². The predicted molar refractivity (Wildman–Crippen MR) is 84.5 cm³/mol. The van der Waals surface area contributed by atoms with Gasteiger partial charge in [0.25, 0.3) is 5.78 Å². The smallest absolute Gasteiger partial charge is 0.317 e. The van der Waals surface area contributed by atoms with Crippen molar-refractivity contribution >= 4 is 17.2 Å². The van der Waals surface area contributed by atoms with E-state index in [0.29, 0.717) is 11.4 Å². The van der Waals surface area contributed by atoms with E-state index in [9.17, 15) is 18.0 Å². The van der Waals surface area contributed by atoms with Crippen molar-refractivity contribution in [2.24, 2.45) is 0 Å². The summed E-state index contributed by atoms with van der Waals surface area (Å²) >= 11 is 0. The van der Waals surface area contributed by atoms with Crippen LogP contribution in [0.3, 0.4) is 0 Å². The van der Waals surface area contributed by atoms with Crippen LogP contribution in [0.15, 0.2) is 72.4 Å². The Morgan fingerprint density at radius 1 is 0.957 bits per heavy atom. The van der Waals surface area contributed by atoms with Gasteiger partial charge in [0.2, 0.25) is 0 Å². The number of anilines is 2. The second-order valence-electron chi connectivity index (χ2n) is 4.88. The first kappa shape index (κ1) is 16.8. The highest BCUT2D eigenvalue weighted by Crippen LogP contribution is 2.29. The van der Waals surface area contributed by atoms with Gasteiger partial charge < -0.3 is 4.90 Å². The number of nitrogens with zero attached hydrogens (tertiary/aromatic N) is 1. The minimum Gasteiger partial charge on any atom is -0.317 e. The highest BCUT2D eigenvalue weighted by Gasteiger charge is 2.40. The quantitative estimate of drug-likeness (QED) is 0.702. The Morgan fingerprint density at radius 3 is 1.74 bits per heavy atom. The Labute approximate surface area is 132 Å². The molecule has 0 atom stereocenters. The average Bonchev–Trinajstić information content (AvgIpc) is 2.56. The molecule has 0 unspecified atom stereocenters. The van der Waals surface area contributed by atoms with Crippen LogP contribution in [0.1, 0.15) is 13.3 Å². The van der Waals surface area contributed by atoms with Crippen LogP contribution in [0.4, 0.5) is 24.5 Å². The third-order valence-corrected chi connectivity index (χ3v) is 3.28. The molecule has 5 heteroatoms. The van der Waals surface area contributed by atoms with Crippen LogP contribution < -0.4 is 4.90 Å². The van der Waals surface area contributed by atoms with Gasteiger partial charge in [-0.15, -0.1) is 0 Å². The molecule has 23 heavy (non-hydrogen) atoms. The van der Waals surface area contributed by atoms with Gasteiger partial charge in [-0.05, 0) is 30.7 Å². The average molecular weight is 319 g/mol. The van der Waals surface area contributed by atoms with E-state index in [4.69, 9.17) is 0 Å². The van der Waals surface area contributed by atoms with Crippen LogP contribution in [0, 0.1) is 0 Å². The summed E-state index contributed by atoms with van der Waals surface area (Å²) in [6.07, 6.45) is -3.62. The molecule has 0 aliphatic heterocycles. The highest BCUT2D eigenvalue weighted by atomic mass is 19.4. The number of carbonyl (C=O) groups is 1. The molecule has 2 aromatic carbocycles. The number of rotatable bonds is 5. The zero-order chi connectivity index (χ0) is 16.9. The highest BCUT2D eigenvalue weighted by molar-refractivity contribution is 6.00. The van der Waals surface area contributed by atoms with Gasteiger partial charge >= 0.3 is 6.18 Å². The van der Waals surface area contributed by atoms with E-state index >= 15 is 0 Å². The molecule has 0 amide bonds.